The third-order valence-corrected chi connectivity index (χ3v) is 6.83. The van der Waals surface area contributed by atoms with Crippen molar-refractivity contribution in [3.05, 3.63) is 0 Å². The van der Waals surface area contributed by atoms with Gasteiger partial charge in [0.15, 0.2) is 12.6 Å². The van der Waals surface area contributed by atoms with Crippen molar-refractivity contribution in [2.24, 2.45) is 11.8 Å². The monoisotopic (exact) mass is 456 g/mol. The van der Waals surface area contributed by atoms with E-state index in [1.807, 2.05) is 6.92 Å². The van der Waals surface area contributed by atoms with Gasteiger partial charge in [0.25, 0.3) is 0 Å². The van der Waals surface area contributed by atoms with Crippen LogP contribution in [0.2, 0.25) is 0 Å². The smallest absolute Gasteiger partial charge is 0.305 e. The molecule has 8 heteroatoms. The van der Waals surface area contributed by atoms with Crippen LogP contribution in [0.3, 0.4) is 0 Å². The first kappa shape index (κ1) is 25.4. The SMILES string of the molecule is COC(=O)CCCCCC[C@@H]1[C@@H](C2COC(C)O2)[C@H](OC2CCCCO2)C[C@@H]1OC(C)=O. The highest BCUT2D eigenvalue weighted by molar-refractivity contribution is 5.69. The van der Waals surface area contributed by atoms with E-state index in [0.717, 1.165) is 58.0 Å². The summed E-state index contributed by atoms with van der Waals surface area (Å²) in [5.41, 5.74) is 0. The number of carbonyl (C=O) groups excluding carboxylic acids is 2. The second kappa shape index (κ2) is 12.9. The zero-order valence-electron chi connectivity index (χ0n) is 19.8. The van der Waals surface area contributed by atoms with Crippen molar-refractivity contribution in [2.75, 3.05) is 20.3 Å². The Labute approximate surface area is 191 Å². The molecule has 2 saturated heterocycles. The molecule has 2 heterocycles. The van der Waals surface area contributed by atoms with Crippen LogP contribution < -0.4 is 0 Å². The Morgan fingerprint density at radius 1 is 1.03 bits per heavy atom. The van der Waals surface area contributed by atoms with Gasteiger partial charge in [-0.2, -0.15) is 0 Å². The van der Waals surface area contributed by atoms with Gasteiger partial charge in [0.2, 0.25) is 0 Å². The lowest BCUT2D eigenvalue weighted by molar-refractivity contribution is -0.203. The van der Waals surface area contributed by atoms with Crippen LogP contribution >= 0.6 is 0 Å². The molecule has 0 aromatic rings. The first-order valence-electron chi connectivity index (χ1n) is 12.3. The number of hydrogen-bond donors (Lipinski definition) is 0. The van der Waals surface area contributed by atoms with Crippen molar-refractivity contribution in [1.82, 2.24) is 0 Å². The van der Waals surface area contributed by atoms with Gasteiger partial charge < -0.3 is 28.4 Å². The van der Waals surface area contributed by atoms with Gasteiger partial charge >= 0.3 is 11.9 Å². The number of hydrogen-bond acceptors (Lipinski definition) is 8. The number of rotatable bonds is 11. The van der Waals surface area contributed by atoms with Gasteiger partial charge in [-0.25, -0.2) is 0 Å². The third-order valence-electron chi connectivity index (χ3n) is 6.83. The van der Waals surface area contributed by atoms with Crippen LogP contribution in [0.1, 0.15) is 78.1 Å². The van der Waals surface area contributed by atoms with E-state index in [0.29, 0.717) is 19.4 Å². The Kier molecular flexibility index (Phi) is 10.2. The van der Waals surface area contributed by atoms with Crippen molar-refractivity contribution in [2.45, 2.75) is 109 Å². The molecule has 0 aromatic carbocycles. The van der Waals surface area contributed by atoms with E-state index in [1.165, 1.54) is 14.0 Å². The molecule has 0 amide bonds. The molecule has 0 spiro atoms. The molecule has 3 fully saturated rings. The molecule has 0 radical (unpaired) electrons. The van der Waals surface area contributed by atoms with E-state index < -0.39 is 0 Å². The highest BCUT2D eigenvalue weighted by Crippen LogP contribution is 2.44. The largest absolute Gasteiger partial charge is 0.469 e. The molecule has 0 N–H and O–H groups in total. The van der Waals surface area contributed by atoms with E-state index in [-0.39, 0.29) is 54.7 Å². The van der Waals surface area contributed by atoms with E-state index in [1.54, 1.807) is 0 Å². The highest BCUT2D eigenvalue weighted by Gasteiger charge is 2.51. The van der Waals surface area contributed by atoms with Crippen LogP contribution in [0.15, 0.2) is 0 Å². The summed E-state index contributed by atoms with van der Waals surface area (Å²) in [5, 5.41) is 0. The lowest BCUT2D eigenvalue weighted by atomic mass is 9.84. The van der Waals surface area contributed by atoms with Gasteiger partial charge in [0.05, 0.1) is 25.9 Å². The average molecular weight is 457 g/mol. The van der Waals surface area contributed by atoms with Crippen molar-refractivity contribution in [3.8, 4) is 0 Å². The summed E-state index contributed by atoms with van der Waals surface area (Å²) in [6.07, 6.45) is 8.11. The minimum absolute atomic E-state index is 0.0801. The van der Waals surface area contributed by atoms with E-state index in [9.17, 15) is 9.59 Å². The molecule has 2 aliphatic heterocycles. The maximum atomic E-state index is 11.8. The fourth-order valence-electron chi connectivity index (χ4n) is 5.35. The molecular formula is C24H40O8. The Balaban J connectivity index is 1.62. The molecule has 3 unspecified atom stereocenters. The normalized spacial score (nSPS) is 35.0. The second-order valence-corrected chi connectivity index (χ2v) is 9.20. The Bertz CT molecular complexity index is 591. The van der Waals surface area contributed by atoms with Gasteiger partial charge in [-0.05, 0) is 39.0 Å². The summed E-state index contributed by atoms with van der Waals surface area (Å²) in [5.74, 6) is -0.187. The molecule has 0 aromatic heterocycles. The van der Waals surface area contributed by atoms with Crippen molar-refractivity contribution in [1.29, 1.82) is 0 Å². The van der Waals surface area contributed by atoms with Gasteiger partial charge in [0.1, 0.15) is 6.10 Å². The van der Waals surface area contributed by atoms with Gasteiger partial charge in [0, 0.05) is 38.2 Å². The topological polar surface area (TPSA) is 89.5 Å². The molecule has 184 valence electrons. The molecule has 1 aliphatic carbocycles. The summed E-state index contributed by atoms with van der Waals surface area (Å²) in [6, 6.07) is 0. The van der Waals surface area contributed by atoms with Crippen molar-refractivity contribution >= 4 is 11.9 Å². The molecule has 1 saturated carbocycles. The van der Waals surface area contributed by atoms with Crippen molar-refractivity contribution in [3.63, 3.8) is 0 Å². The standard InChI is InChI=1S/C24H40O8/c1-16(25)30-19-14-20(32-23-12-8-9-13-28-23)24(21-15-29-17(2)31-21)18(19)10-6-4-5-7-11-22(26)27-3/h17-21,23-24H,4-15H2,1-3H3/t17?,18-,19-,20+,21?,23?,24+/m0/s1. The molecule has 7 atom stereocenters. The number of unbranched alkanes of at least 4 members (excludes halogenated alkanes) is 3. The zero-order chi connectivity index (χ0) is 22.9. The maximum Gasteiger partial charge on any atom is 0.305 e. The Hall–Kier alpha value is -1.22. The number of carbonyl (C=O) groups is 2. The first-order chi connectivity index (χ1) is 15.5. The molecule has 32 heavy (non-hydrogen) atoms. The Morgan fingerprint density at radius 2 is 1.84 bits per heavy atom. The minimum Gasteiger partial charge on any atom is -0.469 e. The summed E-state index contributed by atoms with van der Waals surface area (Å²) in [4.78, 5) is 23.1. The molecule has 3 aliphatic rings. The lowest BCUT2D eigenvalue weighted by Gasteiger charge is -2.33. The van der Waals surface area contributed by atoms with E-state index in [4.69, 9.17) is 28.4 Å². The number of esters is 2. The maximum absolute atomic E-state index is 11.8. The summed E-state index contributed by atoms with van der Waals surface area (Å²) < 4.78 is 34.6. The lowest BCUT2D eigenvalue weighted by Crippen LogP contribution is -2.39. The highest BCUT2D eigenvalue weighted by atomic mass is 16.7. The first-order valence-corrected chi connectivity index (χ1v) is 12.3. The van der Waals surface area contributed by atoms with Gasteiger partial charge in [-0.3, -0.25) is 9.59 Å². The summed E-state index contributed by atoms with van der Waals surface area (Å²) >= 11 is 0. The van der Waals surface area contributed by atoms with Crippen molar-refractivity contribution < 1.29 is 38.0 Å². The van der Waals surface area contributed by atoms with Gasteiger partial charge in [-0.1, -0.05) is 19.3 Å². The number of methoxy groups -OCH3 is 1. The predicted molar refractivity (Wildman–Crippen MR) is 116 cm³/mol. The van der Waals surface area contributed by atoms with E-state index in [2.05, 4.69) is 0 Å². The average Bonchev–Trinajstić information content (AvgIpc) is 3.33. The molecular weight excluding hydrogens is 416 g/mol. The van der Waals surface area contributed by atoms with Crippen LogP contribution in [-0.4, -0.2) is 63.2 Å². The summed E-state index contributed by atoms with van der Waals surface area (Å²) in [7, 11) is 1.42. The van der Waals surface area contributed by atoms with Crippen LogP contribution in [0.25, 0.3) is 0 Å². The quantitative estimate of drug-likeness (QED) is 0.343. The second-order valence-electron chi connectivity index (χ2n) is 9.20. The van der Waals surface area contributed by atoms with Crippen LogP contribution in [0.4, 0.5) is 0 Å². The van der Waals surface area contributed by atoms with Crippen LogP contribution in [0, 0.1) is 11.8 Å². The fraction of sp³-hybridized carbons (Fsp3) is 0.917. The van der Waals surface area contributed by atoms with Crippen LogP contribution in [-0.2, 0) is 38.0 Å². The third kappa shape index (κ3) is 7.40. The van der Waals surface area contributed by atoms with E-state index >= 15 is 0 Å². The van der Waals surface area contributed by atoms with Gasteiger partial charge in [-0.15, -0.1) is 0 Å². The molecule has 0 bridgehead atoms. The minimum atomic E-state index is -0.261. The number of ether oxygens (including phenoxy) is 6. The zero-order valence-corrected chi connectivity index (χ0v) is 19.8. The summed E-state index contributed by atoms with van der Waals surface area (Å²) in [6.45, 7) is 4.63. The Morgan fingerprint density at radius 3 is 2.50 bits per heavy atom. The predicted octanol–water partition coefficient (Wildman–Crippen LogP) is 3.74. The molecule has 8 nitrogen and oxygen atoms in total. The molecule has 3 rings (SSSR count). The fourth-order valence-corrected chi connectivity index (χ4v) is 5.35. The van der Waals surface area contributed by atoms with Crippen LogP contribution in [0.5, 0.6) is 0 Å².